The highest BCUT2D eigenvalue weighted by atomic mass is 35.7. The molecule has 1 heterocycles. The first kappa shape index (κ1) is 14.4. The van der Waals surface area contributed by atoms with Gasteiger partial charge < -0.3 is 0 Å². The van der Waals surface area contributed by atoms with Crippen molar-refractivity contribution in [3.8, 4) is 0 Å². The van der Waals surface area contributed by atoms with Gasteiger partial charge in [0.2, 0.25) is 0 Å². The predicted molar refractivity (Wildman–Crippen MR) is 69.2 cm³/mol. The topological polar surface area (TPSA) is 78.4 Å². The van der Waals surface area contributed by atoms with Gasteiger partial charge in [-0.15, -0.1) is 11.8 Å². The van der Waals surface area contributed by atoms with Gasteiger partial charge in [0.1, 0.15) is 3.74 Å². The minimum absolute atomic E-state index is 0.741. The third kappa shape index (κ3) is 3.75. The van der Waals surface area contributed by atoms with Gasteiger partial charge in [0, 0.05) is 4.91 Å². The lowest BCUT2D eigenvalue weighted by Gasteiger charge is -2.12. The molecule has 1 aromatic carbocycles. The molecule has 0 amide bonds. The van der Waals surface area contributed by atoms with Crippen LogP contribution < -0.4 is 14.0 Å². The molecule has 0 fully saturated rings. The molecule has 1 atom stereocenters. The summed E-state index contributed by atoms with van der Waals surface area (Å²) in [6, 6.07) is 9.55. The average molecular weight is 325 g/mol. The molecule has 0 radical (unpaired) electrons. The minimum Gasteiger partial charge on any atom is -0.182 e. The van der Waals surface area contributed by atoms with Crippen molar-refractivity contribution in [2.45, 2.75) is 0 Å². The monoisotopic (exact) mass is 324 g/mol. The molecule has 0 aromatic heterocycles. The van der Waals surface area contributed by atoms with Gasteiger partial charge >= 0.3 is 0 Å². The van der Waals surface area contributed by atoms with E-state index in [1.54, 1.807) is 0 Å². The van der Waals surface area contributed by atoms with Crippen LogP contribution >= 0.6 is 32.4 Å². The number of rotatable bonds is 3. The SMILES string of the molecule is CSC1=S(O[Cl+3]([O-])([O-])[O-])SC(c2ccccc2)=C1. The highest BCUT2D eigenvalue weighted by molar-refractivity contribution is 8.87. The molecule has 0 spiro atoms. The molecule has 0 bridgehead atoms. The fraction of sp³-hybridized carbons (Fsp3) is 0.100. The van der Waals surface area contributed by atoms with Crippen LogP contribution in [0.5, 0.6) is 0 Å². The summed E-state index contributed by atoms with van der Waals surface area (Å²) in [6.45, 7) is 0. The summed E-state index contributed by atoms with van der Waals surface area (Å²) >= 11 is 1.38. The average Bonchev–Trinajstić information content (AvgIpc) is 2.71. The number of thioether (sulfide) groups is 1. The fourth-order valence-electron chi connectivity index (χ4n) is 1.28. The molecule has 0 N–H and O–H groups in total. The third-order valence-corrected chi connectivity index (χ3v) is 7.96. The second-order valence-electron chi connectivity index (χ2n) is 3.16. The molecule has 98 valence electrons. The van der Waals surface area contributed by atoms with E-state index in [0.29, 0.717) is 0 Å². The van der Waals surface area contributed by atoms with E-state index in [1.165, 1.54) is 22.6 Å². The number of hydrogen-bond donors (Lipinski definition) is 0. The van der Waals surface area contributed by atoms with Gasteiger partial charge in [-0.3, -0.25) is 0 Å². The molecule has 18 heavy (non-hydrogen) atoms. The van der Waals surface area contributed by atoms with Crippen molar-refractivity contribution < 1.29 is 28.0 Å². The summed E-state index contributed by atoms with van der Waals surface area (Å²) < 4.78 is 37.2. The summed E-state index contributed by atoms with van der Waals surface area (Å²) in [5, 5.41) is 0. The first-order valence-corrected chi connectivity index (χ1v) is 9.65. The summed E-state index contributed by atoms with van der Waals surface area (Å²) in [5.41, 5.74) is 0.979. The van der Waals surface area contributed by atoms with Crippen molar-refractivity contribution in [1.29, 1.82) is 0 Å². The van der Waals surface area contributed by atoms with Gasteiger partial charge in [0.05, 0.1) is 14.4 Å². The zero-order valence-corrected chi connectivity index (χ0v) is 12.4. The van der Waals surface area contributed by atoms with Gasteiger partial charge in [-0.05, 0) is 28.7 Å². The van der Waals surface area contributed by atoms with Crippen molar-refractivity contribution in [1.82, 2.24) is 0 Å². The largest absolute Gasteiger partial charge is 0.186 e. The summed E-state index contributed by atoms with van der Waals surface area (Å²) in [7, 11) is -4.23. The lowest BCUT2D eigenvalue weighted by molar-refractivity contribution is -1.91. The quantitative estimate of drug-likeness (QED) is 0.587. The summed E-state index contributed by atoms with van der Waals surface area (Å²) in [6.07, 6.45) is 3.67. The Balaban J connectivity index is 2.19. The highest BCUT2D eigenvalue weighted by Gasteiger charge is 2.30. The zero-order valence-electron chi connectivity index (χ0n) is 9.20. The van der Waals surface area contributed by atoms with E-state index in [4.69, 9.17) is 0 Å². The second-order valence-corrected chi connectivity index (χ2v) is 8.45. The standard InChI is InChI=1S/C10H9ClO4S3/c1-16-10-7-9(8-5-3-2-4-6-8)17-18(10)15-11(12,13)14/h2-7H,1H3. The van der Waals surface area contributed by atoms with Gasteiger partial charge in [0.25, 0.3) is 0 Å². The van der Waals surface area contributed by atoms with Crippen LogP contribution in [-0.4, -0.2) is 10.5 Å². The van der Waals surface area contributed by atoms with Gasteiger partial charge in [0.15, 0.2) is 9.80 Å². The Morgan fingerprint density at radius 3 is 2.44 bits per heavy atom. The van der Waals surface area contributed by atoms with Gasteiger partial charge in [-0.1, -0.05) is 30.3 Å². The predicted octanol–water partition coefficient (Wildman–Crippen LogP) is 0.280. The molecule has 1 aliphatic rings. The molecule has 2 rings (SSSR count). The van der Waals surface area contributed by atoms with Crippen LogP contribution in [0.15, 0.2) is 36.4 Å². The molecule has 0 aliphatic carbocycles. The molecular weight excluding hydrogens is 316 g/mol. The molecule has 8 heteroatoms. The number of halogens is 1. The van der Waals surface area contributed by atoms with Crippen LogP contribution in [0.1, 0.15) is 5.56 Å². The maximum absolute atomic E-state index is 10.6. The van der Waals surface area contributed by atoms with Gasteiger partial charge in [-0.2, -0.15) is 14.0 Å². The van der Waals surface area contributed by atoms with Crippen LogP contribution in [0.4, 0.5) is 0 Å². The van der Waals surface area contributed by atoms with Crippen molar-refractivity contribution in [2.75, 3.05) is 6.26 Å². The first-order valence-electron chi connectivity index (χ1n) is 4.71. The van der Waals surface area contributed by atoms with E-state index in [1.807, 2.05) is 42.7 Å². The minimum atomic E-state index is -4.40. The molecular formula is C10H9ClO4S3. The Kier molecular flexibility index (Phi) is 4.79. The highest BCUT2D eigenvalue weighted by Crippen LogP contribution is 2.51. The maximum Gasteiger partial charge on any atom is 0.186 e. The molecule has 0 saturated carbocycles. The van der Waals surface area contributed by atoms with Gasteiger partial charge in [-0.25, -0.2) is 0 Å². The maximum atomic E-state index is 10.6. The lowest BCUT2D eigenvalue weighted by Crippen LogP contribution is -2.60. The normalized spacial score (nSPS) is 20.1. The van der Waals surface area contributed by atoms with Crippen molar-refractivity contribution in [3.63, 3.8) is 0 Å². The van der Waals surface area contributed by atoms with Crippen LogP contribution in [0, 0.1) is 10.2 Å². The first-order chi connectivity index (χ1) is 8.49. The summed E-state index contributed by atoms with van der Waals surface area (Å²) in [5.74, 6) is 0. The van der Waals surface area contributed by atoms with Crippen LogP contribution in [0.2, 0.25) is 0 Å². The van der Waals surface area contributed by atoms with Crippen molar-refractivity contribution >= 4 is 41.5 Å². The Bertz CT molecular complexity index is 496. The number of benzene rings is 1. The zero-order chi connectivity index (χ0) is 13.2. The van der Waals surface area contributed by atoms with Crippen LogP contribution in [0.25, 0.3) is 4.91 Å². The molecule has 0 saturated heterocycles. The van der Waals surface area contributed by atoms with Crippen molar-refractivity contribution in [2.24, 2.45) is 0 Å². The second kappa shape index (κ2) is 5.98. The smallest absolute Gasteiger partial charge is 0.182 e. The van der Waals surface area contributed by atoms with Crippen LogP contribution in [0.3, 0.4) is 0 Å². The van der Waals surface area contributed by atoms with Crippen LogP contribution in [-0.2, 0) is 3.74 Å². The fourth-order valence-corrected chi connectivity index (χ4v) is 7.24. The van der Waals surface area contributed by atoms with E-state index < -0.39 is 20.0 Å². The molecule has 1 aromatic rings. The molecule has 4 nitrogen and oxygen atoms in total. The van der Waals surface area contributed by atoms with E-state index in [9.17, 15) is 14.0 Å². The Labute approximate surface area is 117 Å². The van der Waals surface area contributed by atoms with E-state index in [0.717, 1.165) is 14.7 Å². The Hall–Kier alpha value is 0.01000. The van der Waals surface area contributed by atoms with E-state index >= 15 is 0 Å². The Morgan fingerprint density at radius 2 is 1.89 bits per heavy atom. The number of hydrogen-bond acceptors (Lipinski definition) is 6. The van der Waals surface area contributed by atoms with E-state index in [-0.39, 0.29) is 0 Å². The third-order valence-electron chi connectivity index (χ3n) is 1.97. The Morgan fingerprint density at radius 1 is 1.22 bits per heavy atom. The molecule has 1 unspecified atom stereocenters. The van der Waals surface area contributed by atoms with Crippen molar-refractivity contribution in [3.05, 3.63) is 42.0 Å². The summed E-state index contributed by atoms with van der Waals surface area (Å²) in [4.78, 5) is 0.905. The molecule has 1 aliphatic heterocycles. The van der Waals surface area contributed by atoms with E-state index in [2.05, 4.69) is 3.74 Å². The lowest BCUT2D eigenvalue weighted by atomic mass is 10.2.